The maximum Gasteiger partial charge on any atom is 0.338 e. The van der Waals surface area contributed by atoms with Gasteiger partial charge >= 0.3 is 5.97 Å². The maximum atomic E-state index is 13.5. The van der Waals surface area contributed by atoms with Crippen molar-refractivity contribution in [1.82, 2.24) is 4.72 Å². The van der Waals surface area contributed by atoms with Gasteiger partial charge in [-0.1, -0.05) is 6.07 Å². The number of sulfonamides is 1. The van der Waals surface area contributed by atoms with Gasteiger partial charge in [-0.3, -0.25) is 4.79 Å². The summed E-state index contributed by atoms with van der Waals surface area (Å²) in [5.74, 6) is -6.79. The van der Waals surface area contributed by atoms with Crippen LogP contribution in [-0.2, 0) is 19.6 Å². The number of carbonyl (C=O) groups excluding carboxylic acids is 2. The summed E-state index contributed by atoms with van der Waals surface area (Å²) in [5, 5.41) is 1.93. The average Bonchev–Trinajstić information content (AvgIpc) is 2.66. The third-order valence-corrected chi connectivity index (χ3v) is 4.70. The Balaban J connectivity index is 2.03. The zero-order valence-electron chi connectivity index (χ0n) is 13.8. The van der Waals surface area contributed by atoms with Gasteiger partial charge < -0.3 is 10.1 Å². The first-order valence-corrected chi connectivity index (χ1v) is 8.78. The molecule has 0 saturated carbocycles. The Hall–Kier alpha value is -2.92. The van der Waals surface area contributed by atoms with E-state index in [1.54, 1.807) is 0 Å². The molecule has 0 spiro atoms. The van der Waals surface area contributed by atoms with Crippen LogP contribution in [-0.4, -0.2) is 33.9 Å². The first-order chi connectivity index (χ1) is 12.7. The molecule has 0 radical (unpaired) electrons. The lowest BCUT2D eigenvalue weighted by atomic mass is 10.2. The number of hydrogen-bond donors (Lipinski definition) is 2. The van der Waals surface area contributed by atoms with Crippen LogP contribution in [0.1, 0.15) is 10.4 Å². The average molecular weight is 402 g/mol. The molecule has 2 aromatic rings. The minimum absolute atomic E-state index is 0.141. The topological polar surface area (TPSA) is 102 Å². The maximum absolute atomic E-state index is 13.5. The fraction of sp³-hybridized carbons (Fsp3) is 0.125. The van der Waals surface area contributed by atoms with Gasteiger partial charge in [-0.05, 0) is 37.4 Å². The number of ether oxygens (including phenoxy) is 1. The molecular weight excluding hydrogens is 389 g/mol. The molecule has 7 nitrogen and oxygen atoms in total. The van der Waals surface area contributed by atoms with Gasteiger partial charge in [-0.15, -0.1) is 0 Å². The second kappa shape index (κ2) is 8.18. The SMILES string of the molecule is CNS(=O)(=O)c1cccc(C(=O)OCC(=O)Nc2ccc(F)c(F)c2F)c1. The third kappa shape index (κ3) is 4.83. The Morgan fingerprint density at radius 2 is 1.78 bits per heavy atom. The molecule has 0 aliphatic carbocycles. The molecule has 144 valence electrons. The van der Waals surface area contributed by atoms with Crippen LogP contribution in [0, 0.1) is 17.5 Å². The van der Waals surface area contributed by atoms with Crippen molar-refractivity contribution in [3.8, 4) is 0 Å². The van der Waals surface area contributed by atoms with Gasteiger partial charge in [0.2, 0.25) is 10.0 Å². The van der Waals surface area contributed by atoms with Crippen molar-refractivity contribution in [3.05, 3.63) is 59.4 Å². The van der Waals surface area contributed by atoms with Crippen LogP contribution in [0.25, 0.3) is 0 Å². The van der Waals surface area contributed by atoms with E-state index in [9.17, 15) is 31.2 Å². The lowest BCUT2D eigenvalue weighted by Crippen LogP contribution is -2.22. The van der Waals surface area contributed by atoms with Crippen molar-refractivity contribution in [1.29, 1.82) is 0 Å². The molecule has 0 aromatic heterocycles. The van der Waals surface area contributed by atoms with Gasteiger partial charge in [0.1, 0.15) is 0 Å². The van der Waals surface area contributed by atoms with Crippen LogP contribution < -0.4 is 10.0 Å². The number of benzene rings is 2. The van der Waals surface area contributed by atoms with Gasteiger partial charge in [-0.25, -0.2) is 31.1 Å². The first-order valence-electron chi connectivity index (χ1n) is 7.30. The molecule has 1 amide bonds. The molecule has 0 aliphatic heterocycles. The molecule has 0 unspecified atom stereocenters. The van der Waals surface area contributed by atoms with Gasteiger partial charge in [0.15, 0.2) is 24.1 Å². The number of nitrogens with one attached hydrogen (secondary N) is 2. The van der Waals surface area contributed by atoms with Crippen LogP contribution in [0.4, 0.5) is 18.9 Å². The summed E-state index contributed by atoms with van der Waals surface area (Å²) in [5.41, 5.74) is -0.768. The predicted octanol–water partition coefficient (Wildman–Crippen LogP) is 1.81. The minimum Gasteiger partial charge on any atom is -0.452 e. The molecule has 0 bridgehead atoms. The highest BCUT2D eigenvalue weighted by molar-refractivity contribution is 7.89. The van der Waals surface area contributed by atoms with E-state index in [-0.39, 0.29) is 10.5 Å². The monoisotopic (exact) mass is 402 g/mol. The number of hydrogen-bond acceptors (Lipinski definition) is 5. The van der Waals surface area contributed by atoms with E-state index in [4.69, 9.17) is 4.74 Å². The van der Waals surface area contributed by atoms with E-state index in [0.29, 0.717) is 6.07 Å². The second-order valence-electron chi connectivity index (χ2n) is 5.08. The van der Waals surface area contributed by atoms with Crippen LogP contribution in [0.15, 0.2) is 41.3 Å². The second-order valence-corrected chi connectivity index (χ2v) is 6.97. The van der Waals surface area contributed by atoms with Crippen molar-refractivity contribution < 1.29 is 35.9 Å². The molecule has 0 heterocycles. The summed E-state index contributed by atoms with van der Waals surface area (Å²) in [6.45, 7) is -0.861. The summed E-state index contributed by atoms with van der Waals surface area (Å²) >= 11 is 0. The number of rotatable bonds is 6. The third-order valence-electron chi connectivity index (χ3n) is 3.29. The zero-order chi connectivity index (χ0) is 20.2. The summed E-state index contributed by atoms with van der Waals surface area (Å²) < 4.78 is 69.6. The van der Waals surface area contributed by atoms with Gasteiger partial charge in [0.25, 0.3) is 5.91 Å². The summed E-state index contributed by atoms with van der Waals surface area (Å²) in [4.78, 5) is 23.4. The Morgan fingerprint density at radius 1 is 1.07 bits per heavy atom. The zero-order valence-corrected chi connectivity index (χ0v) is 14.6. The van der Waals surface area contributed by atoms with E-state index in [1.165, 1.54) is 25.2 Å². The first kappa shape index (κ1) is 20.4. The lowest BCUT2D eigenvalue weighted by molar-refractivity contribution is -0.119. The van der Waals surface area contributed by atoms with E-state index in [0.717, 1.165) is 12.1 Å². The van der Waals surface area contributed by atoms with Gasteiger partial charge in [0.05, 0.1) is 16.1 Å². The van der Waals surface area contributed by atoms with Gasteiger partial charge in [0, 0.05) is 0 Å². The Labute approximate surface area is 152 Å². The molecule has 0 fully saturated rings. The number of anilines is 1. The molecule has 0 atom stereocenters. The normalized spacial score (nSPS) is 11.1. The number of esters is 1. The Kier molecular flexibility index (Phi) is 6.18. The van der Waals surface area contributed by atoms with E-state index < -0.39 is 51.6 Å². The quantitative estimate of drug-likeness (QED) is 0.567. The number of amides is 1. The molecule has 0 aliphatic rings. The summed E-state index contributed by atoms with van der Waals surface area (Å²) in [7, 11) is -2.59. The fourth-order valence-electron chi connectivity index (χ4n) is 1.93. The van der Waals surface area contributed by atoms with Crippen LogP contribution >= 0.6 is 0 Å². The van der Waals surface area contributed by atoms with Crippen LogP contribution in [0.5, 0.6) is 0 Å². The van der Waals surface area contributed by atoms with E-state index in [1.807, 2.05) is 5.32 Å². The molecule has 0 saturated heterocycles. The molecule has 11 heteroatoms. The highest BCUT2D eigenvalue weighted by atomic mass is 32.2. The van der Waals surface area contributed by atoms with E-state index in [2.05, 4.69) is 4.72 Å². The minimum atomic E-state index is -3.78. The number of carbonyl (C=O) groups is 2. The van der Waals surface area contributed by atoms with Crippen molar-refractivity contribution in [2.75, 3.05) is 19.0 Å². The van der Waals surface area contributed by atoms with E-state index >= 15 is 0 Å². The molecule has 27 heavy (non-hydrogen) atoms. The fourth-order valence-corrected chi connectivity index (χ4v) is 2.71. The molecule has 2 aromatic carbocycles. The number of halogens is 3. The largest absolute Gasteiger partial charge is 0.452 e. The molecule has 2 rings (SSSR count). The Morgan fingerprint density at radius 3 is 2.44 bits per heavy atom. The highest BCUT2D eigenvalue weighted by Gasteiger charge is 2.18. The van der Waals surface area contributed by atoms with Crippen LogP contribution in [0.3, 0.4) is 0 Å². The standard InChI is InChI=1S/C16H13F3N2O5S/c1-20-27(24,25)10-4-2-3-9(7-10)16(23)26-8-13(22)21-12-6-5-11(17)14(18)15(12)19/h2-7,20H,8H2,1H3,(H,21,22). The lowest BCUT2D eigenvalue weighted by Gasteiger charge is -2.09. The highest BCUT2D eigenvalue weighted by Crippen LogP contribution is 2.19. The van der Waals surface area contributed by atoms with Crippen molar-refractivity contribution in [2.24, 2.45) is 0 Å². The summed E-state index contributed by atoms with van der Waals surface area (Å²) in [6, 6.07) is 6.29. The summed E-state index contributed by atoms with van der Waals surface area (Å²) in [6.07, 6.45) is 0. The Bertz CT molecular complexity index is 996. The van der Waals surface area contributed by atoms with Crippen LogP contribution in [0.2, 0.25) is 0 Å². The molecule has 2 N–H and O–H groups in total. The van der Waals surface area contributed by atoms with Gasteiger partial charge in [-0.2, -0.15) is 0 Å². The van der Waals surface area contributed by atoms with Crippen molar-refractivity contribution in [3.63, 3.8) is 0 Å². The molecular formula is C16H13F3N2O5S. The smallest absolute Gasteiger partial charge is 0.338 e. The predicted molar refractivity (Wildman–Crippen MR) is 87.9 cm³/mol. The van der Waals surface area contributed by atoms with Crippen molar-refractivity contribution >= 4 is 27.6 Å². The van der Waals surface area contributed by atoms with Crippen molar-refractivity contribution in [2.45, 2.75) is 4.90 Å².